The second kappa shape index (κ2) is 12.3. The Hall–Kier alpha value is -2.56. The number of pyridine rings is 1. The number of likely N-dealkylation sites (tertiary alicyclic amines) is 1. The molecule has 0 N–H and O–H groups in total. The fourth-order valence-corrected chi connectivity index (χ4v) is 5.09. The first kappa shape index (κ1) is 27.5. The summed E-state index contributed by atoms with van der Waals surface area (Å²) >= 11 is 12.7. The summed E-state index contributed by atoms with van der Waals surface area (Å²) in [6, 6.07) is 8.55. The Morgan fingerprint density at radius 1 is 0.973 bits per heavy atom. The van der Waals surface area contributed by atoms with Gasteiger partial charge >= 0.3 is 0 Å². The van der Waals surface area contributed by atoms with Gasteiger partial charge in [0.05, 0.1) is 5.02 Å². The Balaban J connectivity index is 0.000000747. The molecule has 200 valence electrons. The van der Waals surface area contributed by atoms with Crippen molar-refractivity contribution >= 4 is 40.8 Å². The molecular formula is C25H30Cl2F3N7. The van der Waals surface area contributed by atoms with Crippen LogP contribution in [0.2, 0.25) is 10.0 Å². The van der Waals surface area contributed by atoms with Crippen LogP contribution in [0.15, 0.2) is 46.5 Å². The van der Waals surface area contributed by atoms with Gasteiger partial charge in [0.15, 0.2) is 17.9 Å². The first-order valence-corrected chi connectivity index (χ1v) is 13.0. The molecule has 0 spiro atoms. The zero-order valence-electron chi connectivity index (χ0n) is 20.8. The summed E-state index contributed by atoms with van der Waals surface area (Å²) in [5.41, 5.74) is 0.828. The van der Waals surface area contributed by atoms with Crippen LogP contribution in [0.25, 0.3) is 0 Å². The molecule has 2 aromatic rings. The third-order valence-electron chi connectivity index (χ3n) is 6.36. The second-order valence-corrected chi connectivity index (χ2v) is 9.83. The lowest BCUT2D eigenvalue weighted by atomic mass is 10.1. The van der Waals surface area contributed by atoms with E-state index < -0.39 is 6.43 Å². The monoisotopic (exact) mass is 555 g/mol. The third kappa shape index (κ3) is 6.66. The second-order valence-electron chi connectivity index (χ2n) is 8.99. The molecule has 4 heterocycles. The van der Waals surface area contributed by atoms with E-state index in [1.165, 1.54) is 6.07 Å². The van der Waals surface area contributed by atoms with E-state index in [2.05, 4.69) is 19.7 Å². The average Bonchev–Trinajstić information content (AvgIpc) is 3.40. The first-order valence-electron chi connectivity index (χ1n) is 12.2. The molecular weight excluding hydrogens is 526 g/mol. The number of benzene rings is 1. The van der Waals surface area contributed by atoms with E-state index in [4.69, 9.17) is 33.2 Å². The van der Waals surface area contributed by atoms with Crippen LogP contribution in [0.5, 0.6) is 0 Å². The maximum atomic E-state index is 14.2. The standard InChI is InChI=1S/C23H26Cl2FN7.C2H4F2/c1-30-20(17-7-6-16(24)15-18(17)25)28-22(32-9-2-3-10-32)29-23(30)33-13-11-31(12-14-33)21-19(26)5-4-8-27-21;1-2(3)4/h4-8,15,23H,2-3,9-14H2,1H3;2H,1H3. The highest BCUT2D eigenvalue weighted by atomic mass is 35.5. The van der Waals surface area contributed by atoms with Crippen molar-refractivity contribution in [3.05, 3.63) is 58.0 Å². The number of rotatable bonds is 3. The number of hydrogen-bond donors (Lipinski definition) is 0. The molecule has 1 aromatic heterocycles. The van der Waals surface area contributed by atoms with Crippen LogP contribution >= 0.6 is 23.2 Å². The number of hydrogen-bond acceptors (Lipinski definition) is 7. The smallest absolute Gasteiger partial charge is 0.235 e. The Morgan fingerprint density at radius 3 is 2.27 bits per heavy atom. The fraction of sp³-hybridized carbons (Fsp3) is 0.480. The molecule has 1 atom stereocenters. The van der Waals surface area contributed by atoms with Crippen LogP contribution in [0, 0.1) is 5.82 Å². The molecule has 0 amide bonds. The minimum absolute atomic E-state index is 0.226. The minimum atomic E-state index is -2.17. The van der Waals surface area contributed by atoms with E-state index in [1.807, 2.05) is 24.1 Å². The van der Waals surface area contributed by atoms with E-state index in [1.54, 1.807) is 18.3 Å². The quantitative estimate of drug-likeness (QED) is 0.530. The molecule has 3 aliphatic heterocycles. The Bertz CT molecular complexity index is 1130. The van der Waals surface area contributed by atoms with Crippen LogP contribution in [-0.2, 0) is 0 Å². The molecule has 0 saturated carbocycles. The molecule has 2 saturated heterocycles. The van der Waals surface area contributed by atoms with Gasteiger partial charge in [0.25, 0.3) is 0 Å². The lowest BCUT2D eigenvalue weighted by Gasteiger charge is -2.43. The third-order valence-corrected chi connectivity index (χ3v) is 6.91. The summed E-state index contributed by atoms with van der Waals surface area (Å²) in [6.07, 6.45) is 1.52. The molecule has 7 nitrogen and oxygen atoms in total. The zero-order chi connectivity index (χ0) is 26.5. The molecule has 0 aliphatic carbocycles. The molecule has 1 aromatic carbocycles. The molecule has 3 aliphatic rings. The Labute approximate surface area is 225 Å². The molecule has 2 fully saturated rings. The zero-order valence-corrected chi connectivity index (χ0v) is 22.3. The van der Waals surface area contributed by atoms with Crippen molar-refractivity contribution in [1.29, 1.82) is 0 Å². The van der Waals surface area contributed by atoms with Gasteiger partial charge in [0.1, 0.15) is 5.84 Å². The summed E-state index contributed by atoms with van der Waals surface area (Å²) in [5.74, 6) is 1.64. The molecule has 12 heteroatoms. The van der Waals surface area contributed by atoms with Gasteiger partial charge in [0.2, 0.25) is 12.4 Å². The van der Waals surface area contributed by atoms with Gasteiger partial charge in [0, 0.05) is 63.1 Å². The maximum absolute atomic E-state index is 14.2. The van der Waals surface area contributed by atoms with Gasteiger partial charge in [-0.05, 0) is 50.1 Å². The van der Waals surface area contributed by atoms with E-state index in [0.29, 0.717) is 29.0 Å². The highest BCUT2D eigenvalue weighted by Crippen LogP contribution is 2.27. The molecule has 0 radical (unpaired) electrons. The van der Waals surface area contributed by atoms with Gasteiger partial charge in [-0.1, -0.05) is 23.2 Å². The maximum Gasteiger partial charge on any atom is 0.235 e. The van der Waals surface area contributed by atoms with Crippen LogP contribution in [0.4, 0.5) is 19.0 Å². The predicted octanol–water partition coefficient (Wildman–Crippen LogP) is 5.05. The summed E-state index contributed by atoms with van der Waals surface area (Å²) in [7, 11) is 1.99. The van der Waals surface area contributed by atoms with E-state index in [9.17, 15) is 13.2 Å². The summed E-state index contributed by atoms with van der Waals surface area (Å²) in [4.78, 5) is 22.8. The van der Waals surface area contributed by atoms with Crippen molar-refractivity contribution in [1.82, 2.24) is 19.7 Å². The Morgan fingerprint density at radius 2 is 1.65 bits per heavy atom. The molecule has 1 unspecified atom stereocenters. The highest BCUT2D eigenvalue weighted by Gasteiger charge is 2.34. The van der Waals surface area contributed by atoms with Crippen molar-refractivity contribution in [2.75, 3.05) is 51.2 Å². The number of halogens is 5. The topological polar surface area (TPSA) is 50.6 Å². The van der Waals surface area contributed by atoms with Crippen molar-refractivity contribution in [3.8, 4) is 0 Å². The SMILES string of the molecule is CC(F)F.CN1C(c2ccc(Cl)cc2Cl)=NC(N2CCCC2)=NC1N1CCN(c2ncccc2F)CC1. The van der Waals surface area contributed by atoms with E-state index in [0.717, 1.165) is 63.3 Å². The van der Waals surface area contributed by atoms with E-state index >= 15 is 0 Å². The van der Waals surface area contributed by atoms with Crippen LogP contribution in [0.1, 0.15) is 25.3 Å². The molecule has 5 rings (SSSR count). The Kier molecular flexibility index (Phi) is 9.15. The average molecular weight is 556 g/mol. The number of anilines is 1. The van der Waals surface area contributed by atoms with Gasteiger partial charge in [-0.3, -0.25) is 4.90 Å². The van der Waals surface area contributed by atoms with Gasteiger partial charge in [-0.2, -0.15) is 4.99 Å². The number of guanidine groups is 1. The minimum Gasteiger partial charge on any atom is -0.352 e. The summed E-state index contributed by atoms with van der Waals surface area (Å²) in [6.45, 7) is 5.52. The lowest BCUT2D eigenvalue weighted by Crippen LogP contribution is -2.58. The fourth-order valence-electron chi connectivity index (χ4n) is 4.59. The molecule has 0 bridgehead atoms. The molecule has 37 heavy (non-hydrogen) atoms. The van der Waals surface area contributed by atoms with Crippen LogP contribution in [-0.4, -0.2) is 90.5 Å². The van der Waals surface area contributed by atoms with Gasteiger partial charge < -0.3 is 14.7 Å². The van der Waals surface area contributed by atoms with Crippen LogP contribution < -0.4 is 4.90 Å². The number of alkyl halides is 2. The number of amidine groups is 1. The van der Waals surface area contributed by atoms with Gasteiger partial charge in [-0.15, -0.1) is 0 Å². The number of aromatic nitrogens is 1. The van der Waals surface area contributed by atoms with E-state index in [-0.39, 0.29) is 12.1 Å². The van der Waals surface area contributed by atoms with Gasteiger partial charge in [-0.25, -0.2) is 23.1 Å². The van der Waals surface area contributed by atoms with Crippen molar-refractivity contribution < 1.29 is 13.2 Å². The van der Waals surface area contributed by atoms with Crippen molar-refractivity contribution in [2.45, 2.75) is 32.5 Å². The van der Waals surface area contributed by atoms with Crippen molar-refractivity contribution in [3.63, 3.8) is 0 Å². The van der Waals surface area contributed by atoms with Crippen molar-refractivity contribution in [2.24, 2.45) is 9.98 Å². The summed E-state index contributed by atoms with van der Waals surface area (Å²) in [5, 5.41) is 1.15. The number of nitrogens with zero attached hydrogens (tertiary/aromatic N) is 7. The lowest BCUT2D eigenvalue weighted by molar-refractivity contribution is 0.103. The first-order chi connectivity index (χ1) is 17.7. The number of piperazine rings is 1. The summed E-state index contributed by atoms with van der Waals surface area (Å²) < 4.78 is 34.9. The number of aliphatic imine (C=N–C) groups is 2. The largest absolute Gasteiger partial charge is 0.352 e. The predicted molar refractivity (Wildman–Crippen MR) is 142 cm³/mol. The van der Waals surface area contributed by atoms with Crippen LogP contribution in [0.3, 0.4) is 0 Å². The normalized spacial score (nSPS) is 20.5. The highest BCUT2D eigenvalue weighted by molar-refractivity contribution is 6.37.